The number of hydrogen-bond donors (Lipinski definition) is 0. The van der Waals surface area contributed by atoms with E-state index in [9.17, 15) is 0 Å². The highest BCUT2D eigenvalue weighted by Crippen LogP contribution is 2.42. The standard InChI is InChI=1S/C46H37NS/c1-2-3-4-5-6-13-30-47-43-31-35(20-18-33-14-9-7-10-15-33)22-24-37(43)39-26-29-42-40(45(39)47)27-28-41-38-25-23-36(32-44(38)48-46(41)42)21-19-34-16-11-8-12-17-34/h7-12,14-17,22-29,31-32H,2-6,13,30H2,1H3. The highest BCUT2D eigenvalue weighted by Gasteiger charge is 2.17. The van der Waals surface area contributed by atoms with Gasteiger partial charge in [-0.15, -0.1) is 11.3 Å². The zero-order valence-electron chi connectivity index (χ0n) is 27.4. The number of aryl methyl sites for hydroxylation is 1. The summed E-state index contributed by atoms with van der Waals surface area (Å²) in [7, 11) is 0. The van der Waals surface area contributed by atoms with Gasteiger partial charge < -0.3 is 4.57 Å². The van der Waals surface area contributed by atoms with Crippen molar-refractivity contribution < 1.29 is 0 Å². The molecule has 6 aromatic carbocycles. The Morgan fingerprint density at radius 1 is 0.479 bits per heavy atom. The number of rotatable bonds is 7. The molecule has 2 heteroatoms. The van der Waals surface area contributed by atoms with Crippen molar-refractivity contribution in [1.29, 1.82) is 0 Å². The summed E-state index contributed by atoms with van der Waals surface area (Å²) in [6.07, 6.45) is 7.68. The minimum atomic E-state index is 1.01. The van der Waals surface area contributed by atoms with Gasteiger partial charge in [-0.2, -0.15) is 0 Å². The number of fused-ring (bicyclic) bond motifs is 9. The van der Waals surface area contributed by atoms with E-state index in [1.807, 2.05) is 47.7 Å². The second-order valence-corrected chi connectivity index (χ2v) is 13.7. The molecule has 0 aliphatic rings. The van der Waals surface area contributed by atoms with Gasteiger partial charge in [-0.25, -0.2) is 0 Å². The third-order valence-corrected chi connectivity index (χ3v) is 10.6. The first-order valence-electron chi connectivity index (χ1n) is 17.2. The fraction of sp³-hybridized carbons (Fsp3) is 0.174. The summed E-state index contributed by atoms with van der Waals surface area (Å²) in [5.74, 6) is 13.5. The van der Waals surface area contributed by atoms with E-state index in [-0.39, 0.29) is 0 Å². The number of benzene rings is 6. The van der Waals surface area contributed by atoms with Crippen LogP contribution in [0.3, 0.4) is 0 Å². The van der Waals surface area contributed by atoms with Crippen LogP contribution in [-0.4, -0.2) is 4.57 Å². The molecule has 0 N–H and O–H groups in total. The number of unbranched alkanes of at least 4 members (excludes halogenated alkanes) is 5. The molecule has 2 heterocycles. The van der Waals surface area contributed by atoms with Gasteiger partial charge in [0.2, 0.25) is 0 Å². The van der Waals surface area contributed by atoms with Gasteiger partial charge in [0.25, 0.3) is 0 Å². The average Bonchev–Trinajstić information content (AvgIpc) is 3.67. The molecular weight excluding hydrogens is 599 g/mol. The van der Waals surface area contributed by atoms with Crippen LogP contribution in [0.2, 0.25) is 0 Å². The monoisotopic (exact) mass is 635 g/mol. The molecule has 0 saturated carbocycles. The normalized spacial score (nSPS) is 11.3. The van der Waals surface area contributed by atoms with Crippen LogP contribution in [0.25, 0.3) is 52.8 Å². The van der Waals surface area contributed by atoms with Crippen molar-refractivity contribution in [3.8, 4) is 23.7 Å². The quantitative estimate of drug-likeness (QED) is 0.121. The van der Waals surface area contributed by atoms with E-state index in [1.165, 1.54) is 91.3 Å². The molecule has 0 bridgehead atoms. The molecule has 0 atom stereocenters. The second-order valence-electron chi connectivity index (χ2n) is 12.7. The molecule has 8 rings (SSSR count). The first-order chi connectivity index (χ1) is 23.8. The van der Waals surface area contributed by atoms with E-state index < -0.39 is 0 Å². The van der Waals surface area contributed by atoms with Crippen LogP contribution >= 0.6 is 11.3 Å². The molecule has 48 heavy (non-hydrogen) atoms. The Hall–Kier alpha value is -5.28. The second kappa shape index (κ2) is 13.4. The van der Waals surface area contributed by atoms with Crippen LogP contribution in [0.1, 0.15) is 67.7 Å². The highest BCUT2D eigenvalue weighted by atomic mass is 32.1. The SMILES string of the molecule is CCCCCCCCn1c2cc(C#Cc3ccccc3)ccc2c2ccc3c(ccc4c5ccc(C#Cc6ccccc6)cc5sc43)c21. The molecule has 2 aromatic heterocycles. The topological polar surface area (TPSA) is 4.93 Å². The van der Waals surface area contributed by atoms with Crippen molar-refractivity contribution in [3.05, 3.63) is 144 Å². The Kier molecular flexibility index (Phi) is 8.43. The van der Waals surface area contributed by atoms with Crippen molar-refractivity contribution in [2.45, 2.75) is 52.0 Å². The highest BCUT2D eigenvalue weighted by molar-refractivity contribution is 7.26. The molecule has 0 spiro atoms. The van der Waals surface area contributed by atoms with Crippen LogP contribution in [0.5, 0.6) is 0 Å². The number of nitrogens with zero attached hydrogens (tertiary/aromatic N) is 1. The van der Waals surface area contributed by atoms with Crippen LogP contribution in [-0.2, 0) is 6.54 Å². The van der Waals surface area contributed by atoms with Crippen molar-refractivity contribution in [1.82, 2.24) is 4.57 Å². The lowest BCUT2D eigenvalue weighted by atomic mass is 10.0. The van der Waals surface area contributed by atoms with E-state index in [2.05, 4.69) is 120 Å². The van der Waals surface area contributed by atoms with Gasteiger partial charge in [0.15, 0.2) is 0 Å². The lowest BCUT2D eigenvalue weighted by Crippen LogP contribution is -1.98. The average molecular weight is 636 g/mol. The third-order valence-electron chi connectivity index (χ3n) is 9.44. The van der Waals surface area contributed by atoms with E-state index in [0.717, 1.165) is 28.8 Å². The van der Waals surface area contributed by atoms with Crippen LogP contribution < -0.4 is 0 Å². The largest absolute Gasteiger partial charge is 0.340 e. The molecule has 0 amide bonds. The van der Waals surface area contributed by atoms with Gasteiger partial charge in [0.1, 0.15) is 0 Å². The molecule has 8 aromatic rings. The number of thiophene rings is 1. The Balaban J connectivity index is 1.25. The molecule has 1 nitrogen and oxygen atoms in total. The Morgan fingerprint density at radius 3 is 1.69 bits per heavy atom. The van der Waals surface area contributed by atoms with Crippen molar-refractivity contribution in [2.24, 2.45) is 0 Å². The Bertz CT molecular complexity index is 2540. The lowest BCUT2D eigenvalue weighted by molar-refractivity contribution is 0.571. The predicted octanol–water partition coefficient (Wildman–Crippen LogP) is 12.5. The fourth-order valence-electron chi connectivity index (χ4n) is 7.00. The van der Waals surface area contributed by atoms with Gasteiger partial charge in [0.05, 0.1) is 11.0 Å². The van der Waals surface area contributed by atoms with E-state index in [1.54, 1.807) is 0 Å². The van der Waals surface area contributed by atoms with Crippen molar-refractivity contribution in [2.75, 3.05) is 0 Å². The smallest absolute Gasteiger partial charge is 0.0571 e. The summed E-state index contributed by atoms with van der Waals surface area (Å²) in [6.45, 7) is 3.29. The van der Waals surface area contributed by atoms with Crippen LogP contribution in [0, 0.1) is 23.7 Å². The third kappa shape index (κ3) is 5.86. The van der Waals surface area contributed by atoms with E-state index in [0.29, 0.717) is 0 Å². The van der Waals surface area contributed by atoms with E-state index in [4.69, 9.17) is 0 Å². The molecule has 0 radical (unpaired) electrons. The summed E-state index contributed by atoms with van der Waals surface area (Å²) in [4.78, 5) is 0. The summed E-state index contributed by atoms with van der Waals surface area (Å²) in [6, 6.07) is 43.3. The van der Waals surface area contributed by atoms with Gasteiger partial charge in [-0.05, 0) is 55.0 Å². The van der Waals surface area contributed by atoms with E-state index >= 15 is 0 Å². The zero-order valence-corrected chi connectivity index (χ0v) is 28.2. The van der Waals surface area contributed by atoms with Crippen LogP contribution in [0.15, 0.2) is 121 Å². The molecule has 232 valence electrons. The fourth-order valence-corrected chi connectivity index (χ4v) is 8.27. The molecule has 0 aliphatic heterocycles. The zero-order chi connectivity index (χ0) is 32.3. The van der Waals surface area contributed by atoms with Crippen LogP contribution in [0.4, 0.5) is 0 Å². The summed E-state index contributed by atoms with van der Waals surface area (Å²) < 4.78 is 5.23. The number of hydrogen-bond acceptors (Lipinski definition) is 1. The minimum Gasteiger partial charge on any atom is -0.340 e. The Morgan fingerprint density at radius 2 is 1.00 bits per heavy atom. The molecular formula is C46H37NS. The first-order valence-corrected chi connectivity index (χ1v) is 18.1. The predicted molar refractivity (Wildman–Crippen MR) is 208 cm³/mol. The van der Waals surface area contributed by atoms with Gasteiger partial charge in [-0.3, -0.25) is 0 Å². The van der Waals surface area contributed by atoms with Gasteiger partial charge >= 0.3 is 0 Å². The summed E-state index contributed by atoms with van der Waals surface area (Å²) in [5, 5.41) is 7.91. The minimum absolute atomic E-state index is 1.01. The Labute approximate surface area is 286 Å². The summed E-state index contributed by atoms with van der Waals surface area (Å²) in [5.41, 5.74) is 6.81. The van der Waals surface area contributed by atoms with Crippen molar-refractivity contribution >= 4 is 64.1 Å². The number of aromatic nitrogens is 1. The molecule has 0 fully saturated rings. The maximum absolute atomic E-state index is 3.44. The first kappa shape index (κ1) is 30.1. The van der Waals surface area contributed by atoms with Crippen molar-refractivity contribution in [3.63, 3.8) is 0 Å². The maximum Gasteiger partial charge on any atom is 0.0571 e. The van der Waals surface area contributed by atoms with Gasteiger partial charge in [-0.1, -0.05) is 136 Å². The van der Waals surface area contributed by atoms with Gasteiger partial charge in [0, 0.05) is 70.5 Å². The molecule has 0 unspecified atom stereocenters. The lowest BCUT2D eigenvalue weighted by Gasteiger charge is -2.10. The summed E-state index contributed by atoms with van der Waals surface area (Å²) >= 11 is 1.89. The molecule has 0 aliphatic carbocycles. The molecule has 0 saturated heterocycles. The maximum atomic E-state index is 3.44.